The highest BCUT2D eigenvalue weighted by Crippen LogP contribution is 2.35. The summed E-state index contributed by atoms with van der Waals surface area (Å²) in [7, 11) is 1.55. The molecule has 160 valence electrons. The van der Waals surface area contributed by atoms with Crippen LogP contribution in [0.15, 0.2) is 66.7 Å². The first-order valence-electron chi connectivity index (χ1n) is 9.88. The molecule has 3 aromatic carbocycles. The van der Waals surface area contributed by atoms with Gasteiger partial charge in [0.2, 0.25) is 6.79 Å². The van der Waals surface area contributed by atoms with Crippen molar-refractivity contribution in [2.45, 2.75) is 6.61 Å². The van der Waals surface area contributed by atoms with Crippen LogP contribution in [0.4, 0.5) is 0 Å². The Balaban J connectivity index is 1.27. The Kier molecular flexibility index (Phi) is 6.42. The van der Waals surface area contributed by atoms with E-state index < -0.39 is 0 Å². The Bertz CT molecular complexity index is 1040. The minimum absolute atomic E-state index is 0.217. The molecule has 1 aliphatic heterocycles. The van der Waals surface area contributed by atoms with Crippen LogP contribution in [0.1, 0.15) is 15.9 Å². The summed E-state index contributed by atoms with van der Waals surface area (Å²) in [6.45, 7) is 1.30. The molecule has 4 rings (SSSR count). The van der Waals surface area contributed by atoms with Crippen molar-refractivity contribution in [1.29, 1.82) is 0 Å². The molecule has 0 unspecified atom stereocenters. The van der Waals surface area contributed by atoms with Crippen LogP contribution < -0.4 is 29.0 Å². The Morgan fingerprint density at radius 2 is 1.77 bits per heavy atom. The number of amides is 1. The molecule has 0 fully saturated rings. The number of rotatable bonds is 9. The third-order valence-corrected chi connectivity index (χ3v) is 4.66. The van der Waals surface area contributed by atoms with Crippen molar-refractivity contribution in [3.05, 3.63) is 77.9 Å². The van der Waals surface area contributed by atoms with E-state index >= 15 is 0 Å². The summed E-state index contributed by atoms with van der Waals surface area (Å²) < 4.78 is 27.5. The molecule has 0 aromatic heterocycles. The molecule has 1 N–H and O–H groups in total. The van der Waals surface area contributed by atoms with E-state index in [0.717, 1.165) is 5.56 Å². The second kappa shape index (κ2) is 9.75. The van der Waals surface area contributed by atoms with E-state index in [1.54, 1.807) is 43.5 Å². The lowest BCUT2D eigenvalue weighted by Crippen LogP contribution is -2.28. The third-order valence-electron chi connectivity index (χ3n) is 4.66. The van der Waals surface area contributed by atoms with E-state index in [1.165, 1.54) is 0 Å². The molecule has 0 saturated heterocycles. The molecular weight excluding hydrogens is 398 g/mol. The molecule has 0 radical (unpaired) electrons. The number of fused-ring (bicyclic) bond motifs is 1. The lowest BCUT2D eigenvalue weighted by molar-refractivity contribution is 0.0946. The monoisotopic (exact) mass is 421 g/mol. The van der Waals surface area contributed by atoms with Crippen LogP contribution in [0.3, 0.4) is 0 Å². The molecule has 0 atom stereocenters. The van der Waals surface area contributed by atoms with Gasteiger partial charge in [0.05, 0.1) is 13.7 Å². The fraction of sp³-hybridized carbons (Fsp3) is 0.208. The van der Waals surface area contributed by atoms with Gasteiger partial charge in [0.15, 0.2) is 23.0 Å². The number of methoxy groups -OCH3 is 1. The van der Waals surface area contributed by atoms with Crippen LogP contribution in [0.25, 0.3) is 0 Å². The van der Waals surface area contributed by atoms with Gasteiger partial charge in [0.1, 0.15) is 19.0 Å². The highest BCUT2D eigenvalue weighted by Gasteiger charge is 2.14. The van der Waals surface area contributed by atoms with Gasteiger partial charge in [-0.1, -0.05) is 30.3 Å². The van der Waals surface area contributed by atoms with E-state index in [0.29, 0.717) is 54.1 Å². The van der Waals surface area contributed by atoms with E-state index in [4.69, 9.17) is 23.7 Å². The summed E-state index contributed by atoms with van der Waals surface area (Å²) in [5.41, 5.74) is 1.53. The Labute approximate surface area is 180 Å². The van der Waals surface area contributed by atoms with E-state index in [9.17, 15) is 4.79 Å². The molecular formula is C24H23NO6. The standard InChI is InChI=1S/C24H23NO6/c1-27-22-13-18(7-9-20(22)29-15-17-5-3-2-4-6-17)24(26)25-11-12-28-19-8-10-21-23(14-19)31-16-30-21/h2-10,13-14H,11-12,15-16H2,1H3,(H,25,26). The van der Waals surface area contributed by atoms with E-state index in [1.807, 2.05) is 30.3 Å². The van der Waals surface area contributed by atoms with Gasteiger partial charge in [-0.2, -0.15) is 0 Å². The SMILES string of the molecule is COc1cc(C(=O)NCCOc2ccc3c(c2)OCO3)ccc1OCc1ccccc1. The molecule has 31 heavy (non-hydrogen) atoms. The first kappa shape index (κ1) is 20.4. The maximum Gasteiger partial charge on any atom is 0.251 e. The van der Waals surface area contributed by atoms with Gasteiger partial charge in [-0.15, -0.1) is 0 Å². The number of benzene rings is 3. The number of carbonyl (C=O) groups is 1. The zero-order valence-corrected chi connectivity index (χ0v) is 17.1. The number of carbonyl (C=O) groups excluding carboxylic acids is 1. The van der Waals surface area contributed by atoms with Crippen LogP contribution in [-0.4, -0.2) is 33.0 Å². The minimum Gasteiger partial charge on any atom is -0.493 e. The topological polar surface area (TPSA) is 75.3 Å². The maximum absolute atomic E-state index is 12.5. The molecule has 0 aliphatic carbocycles. The molecule has 1 heterocycles. The van der Waals surface area contributed by atoms with Gasteiger partial charge in [-0.25, -0.2) is 0 Å². The summed E-state index contributed by atoms with van der Waals surface area (Å²) >= 11 is 0. The Hall–Kier alpha value is -3.87. The summed E-state index contributed by atoms with van der Waals surface area (Å²) in [5, 5.41) is 2.83. The average molecular weight is 421 g/mol. The van der Waals surface area contributed by atoms with Crippen molar-refractivity contribution in [3.63, 3.8) is 0 Å². The maximum atomic E-state index is 12.5. The first-order chi connectivity index (χ1) is 15.2. The summed E-state index contributed by atoms with van der Waals surface area (Å²) in [4.78, 5) is 12.5. The van der Waals surface area contributed by atoms with Crippen LogP contribution in [0, 0.1) is 0 Å². The molecule has 0 bridgehead atoms. The zero-order valence-electron chi connectivity index (χ0n) is 17.1. The Morgan fingerprint density at radius 3 is 2.61 bits per heavy atom. The molecule has 7 heteroatoms. The fourth-order valence-corrected chi connectivity index (χ4v) is 3.07. The van der Waals surface area contributed by atoms with Gasteiger partial charge < -0.3 is 29.0 Å². The third kappa shape index (κ3) is 5.19. The van der Waals surface area contributed by atoms with Crippen molar-refractivity contribution < 1.29 is 28.5 Å². The van der Waals surface area contributed by atoms with Crippen molar-refractivity contribution in [2.24, 2.45) is 0 Å². The molecule has 3 aromatic rings. The van der Waals surface area contributed by atoms with Gasteiger partial charge in [-0.3, -0.25) is 4.79 Å². The molecule has 7 nitrogen and oxygen atoms in total. The lowest BCUT2D eigenvalue weighted by Gasteiger charge is -2.13. The quantitative estimate of drug-likeness (QED) is 0.530. The van der Waals surface area contributed by atoms with Crippen molar-refractivity contribution in [3.8, 4) is 28.7 Å². The zero-order chi connectivity index (χ0) is 21.5. The first-order valence-corrected chi connectivity index (χ1v) is 9.88. The lowest BCUT2D eigenvalue weighted by atomic mass is 10.2. The van der Waals surface area contributed by atoms with Gasteiger partial charge >= 0.3 is 0 Å². The number of hydrogen-bond acceptors (Lipinski definition) is 6. The average Bonchev–Trinajstić information content (AvgIpc) is 3.29. The molecule has 0 saturated carbocycles. The summed E-state index contributed by atoms with van der Waals surface area (Å²) in [5.74, 6) is 2.87. The summed E-state index contributed by atoms with van der Waals surface area (Å²) in [6.07, 6.45) is 0. The molecule has 0 spiro atoms. The predicted octanol–water partition coefficient (Wildman–Crippen LogP) is 3.81. The van der Waals surface area contributed by atoms with E-state index in [-0.39, 0.29) is 12.7 Å². The van der Waals surface area contributed by atoms with Crippen LogP contribution >= 0.6 is 0 Å². The Morgan fingerprint density at radius 1 is 0.935 bits per heavy atom. The highest BCUT2D eigenvalue weighted by atomic mass is 16.7. The molecule has 1 amide bonds. The molecule has 1 aliphatic rings. The van der Waals surface area contributed by atoms with Crippen molar-refractivity contribution in [2.75, 3.05) is 27.1 Å². The highest BCUT2D eigenvalue weighted by molar-refractivity contribution is 5.94. The van der Waals surface area contributed by atoms with Crippen LogP contribution in [0.2, 0.25) is 0 Å². The second-order valence-electron chi connectivity index (χ2n) is 6.76. The smallest absolute Gasteiger partial charge is 0.251 e. The van der Waals surface area contributed by atoms with E-state index in [2.05, 4.69) is 5.32 Å². The summed E-state index contributed by atoms with van der Waals surface area (Å²) in [6, 6.07) is 20.3. The minimum atomic E-state index is -0.220. The largest absolute Gasteiger partial charge is 0.493 e. The predicted molar refractivity (Wildman–Crippen MR) is 114 cm³/mol. The number of ether oxygens (including phenoxy) is 5. The van der Waals surface area contributed by atoms with Gasteiger partial charge in [0.25, 0.3) is 5.91 Å². The normalized spacial score (nSPS) is 11.6. The van der Waals surface area contributed by atoms with Crippen LogP contribution in [0.5, 0.6) is 28.7 Å². The fourth-order valence-electron chi connectivity index (χ4n) is 3.07. The van der Waals surface area contributed by atoms with Crippen molar-refractivity contribution in [1.82, 2.24) is 5.32 Å². The second-order valence-corrected chi connectivity index (χ2v) is 6.76. The van der Waals surface area contributed by atoms with Gasteiger partial charge in [0, 0.05) is 11.6 Å². The number of hydrogen-bond donors (Lipinski definition) is 1. The van der Waals surface area contributed by atoms with Crippen molar-refractivity contribution >= 4 is 5.91 Å². The number of nitrogens with one attached hydrogen (secondary N) is 1. The van der Waals surface area contributed by atoms with Crippen LogP contribution in [-0.2, 0) is 6.61 Å². The van der Waals surface area contributed by atoms with Gasteiger partial charge in [-0.05, 0) is 35.9 Å².